The number of primary amides is 1. The maximum absolute atomic E-state index is 13.7. The highest BCUT2D eigenvalue weighted by molar-refractivity contribution is 6.24. The van der Waals surface area contributed by atoms with E-state index in [0.29, 0.717) is 0 Å². The number of phenolic OH excluding ortho intramolecular Hbond substituents is 1. The van der Waals surface area contributed by atoms with Gasteiger partial charge in [0.15, 0.2) is 11.4 Å². The normalized spacial score (nSPS) is 28.4. The number of hydrogen-bond donors (Lipinski definition) is 5. The summed E-state index contributed by atoms with van der Waals surface area (Å²) in [7, 11) is 4.21. The zero-order valence-electron chi connectivity index (χ0n) is 18.7. The van der Waals surface area contributed by atoms with Gasteiger partial charge >= 0.3 is 5.97 Å². The molecule has 1 saturated carbocycles. The van der Waals surface area contributed by atoms with Crippen molar-refractivity contribution in [3.8, 4) is 5.75 Å². The van der Waals surface area contributed by atoms with Crippen molar-refractivity contribution in [1.29, 1.82) is 0 Å². The molecule has 4 rings (SSSR count). The van der Waals surface area contributed by atoms with Crippen LogP contribution in [-0.4, -0.2) is 81.6 Å². The third-order valence-corrected chi connectivity index (χ3v) is 7.01. The molecule has 0 saturated heterocycles. The number of esters is 1. The van der Waals surface area contributed by atoms with E-state index in [9.17, 15) is 39.6 Å². The molecule has 0 radical (unpaired) electrons. The molecular weight excluding hydrogens is 448 g/mol. The highest BCUT2D eigenvalue weighted by atomic mass is 16.5. The Morgan fingerprint density at radius 1 is 1.18 bits per heavy atom. The third kappa shape index (κ3) is 2.90. The molecule has 0 unspecified atom stereocenters. The number of aromatic hydroxyl groups is 1. The van der Waals surface area contributed by atoms with Gasteiger partial charge < -0.3 is 30.9 Å². The molecule has 6 N–H and O–H groups in total. The first-order chi connectivity index (χ1) is 15.9. The molecule has 1 aromatic carbocycles. The summed E-state index contributed by atoms with van der Waals surface area (Å²) < 4.78 is 4.79. The number of aliphatic hydroxyl groups excluding tert-OH is 2. The van der Waals surface area contributed by atoms with Gasteiger partial charge in [-0.2, -0.15) is 0 Å². The van der Waals surface area contributed by atoms with Gasteiger partial charge in [0.1, 0.15) is 22.8 Å². The quantitative estimate of drug-likeness (QED) is 0.290. The lowest BCUT2D eigenvalue weighted by molar-refractivity contribution is -0.153. The number of carbonyl (C=O) groups is 4. The van der Waals surface area contributed by atoms with E-state index in [4.69, 9.17) is 10.5 Å². The van der Waals surface area contributed by atoms with Crippen molar-refractivity contribution in [3.05, 3.63) is 45.7 Å². The molecule has 180 valence electrons. The number of aliphatic hydroxyl groups is 3. The van der Waals surface area contributed by atoms with Gasteiger partial charge in [-0.05, 0) is 50.6 Å². The first-order valence-electron chi connectivity index (χ1n) is 10.5. The van der Waals surface area contributed by atoms with Crippen LogP contribution in [0.25, 0.3) is 5.76 Å². The first-order valence-corrected chi connectivity index (χ1v) is 10.5. The van der Waals surface area contributed by atoms with Crippen LogP contribution in [0.5, 0.6) is 5.75 Å². The maximum atomic E-state index is 13.7. The van der Waals surface area contributed by atoms with E-state index in [1.165, 1.54) is 32.2 Å². The van der Waals surface area contributed by atoms with Gasteiger partial charge in [-0.3, -0.25) is 19.3 Å². The monoisotopic (exact) mass is 472 g/mol. The molecule has 0 spiro atoms. The van der Waals surface area contributed by atoms with Crippen LogP contribution in [0.15, 0.2) is 29.0 Å². The molecule has 4 atom stereocenters. The van der Waals surface area contributed by atoms with Crippen LogP contribution in [0.1, 0.15) is 27.9 Å². The molecule has 3 aliphatic rings. The van der Waals surface area contributed by atoms with E-state index in [2.05, 4.69) is 0 Å². The topological polar surface area (TPSA) is 188 Å². The SMILES string of the molecule is COC(=O)c1ccc(O)c2c1C[C@H]1C[C@H]3[C@H](N(C)C)C(=O)C(C(N)=O)=C(O)[C@@]3(O)C(=O)C1=C2O. The van der Waals surface area contributed by atoms with Gasteiger partial charge in [-0.25, -0.2) is 4.79 Å². The number of phenols is 1. The van der Waals surface area contributed by atoms with Crippen LogP contribution in [0.4, 0.5) is 0 Å². The van der Waals surface area contributed by atoms with Gasteiger partial charge in [0, 0.05) is 11.5 Å². The highest BCUT2D eigenvalue weighted by Crippen LogP contribution is 2.52. The van der Waals surface area contributed by atoms with Gasteiger partial charge in [-0.15, -0.1) is 0 Å². The van der Waals surface area contributed by atoms with E-state index < -0.39 is 69.8 Å². The number of fused-ring (bicyclic) bond motifs is 3. The lowest BCUT2D eigenvalue weighted by Gasteiger charge is -2.50. The fourth-order valence-corrected chi connectivity index (χ4v) is 5.55. The zero-order chi connectivity index (χ0) is 25.3. The van der Waals surface area contributed by atoms with E-state index in [1.807, 2.05) is 0 Å². The molecule has 3 aliphatic carbocycles. The molecule has 0 aromatic heterocycles. The van der Waals surface area contributed by atoms with Crippen molar-refractivity contribution in [2.75, 3.05) is 21.2 Å². The second-order valence-corrected chi connectivity index (χ2v) is 8.94. The van der Waals surface area contributed by atoms with E-state index in [1.54, 1.807) is 0 Å². The minimum atomic E-state index is -2.71. The van der Waals surface area contributed by atoms with Crippen molar-refractivity contribution in [2.45, 2.75) is 24.5 Å². The summed E-state index contributed by atoms with van der Waals surface area (Å²) in [5.74, 6) is -8.15. The lowest BCUT2D eigenvalue weighted by atomic mass is 9.57. The first kappa shape index (κ1) is 23.5. The average Bonchev–Trinajstić information content (AvgIpc) is 2.75. The second kappa shape index (κ2) is 7.67. The number of likely N-dealkylation sites (N-methyl/N-ethyl adjacent to an activating group) is 1. The Labute approximate surface area is 193 Å². The highest BCUT2D eigenvalue weighted by Gasteiger charge is 2.64. The summed E-state index contributed by atoms with van der Waals surface area (Å²) in [6, 6.07) is 1.32. The average molecular weight is 472 g/mol. The summed E-state index contributed by atoms with van der Waals surface area (Å²) in [4.78, 5) is 52.4. The second-order valence-electron chi connectivity index (χ2n) is 8.94. The minimum Gasteiger partial charge on any atom is -0.508 e. The van der Waals surface area contributed by atoms with Crippen molar-refractivity contribution in [1.82, 2.24) is 4.90 Å². The van der Waals surface area contributed by atoms with E-state index in [0.717, 1.165) is 6.07 Å². The summed E-state index contributed by atoms with van der Waals surface area (Å²) in [6.07, 6.45) is -0.0601. The molecule has 11 heteroatoms. The van der Waals surface area contributed by atoms with Crippen LogP contribution >= 0.6 is 0 Å². The van der Waals surface area contributed by atoms with Gasteiger partial charge in [0.2, 0.25) is 5.78 Å². The molecule has 11 nitrogen and oxygen atoms in total. The molecular formula is C23H24N2O9. The Morgan fingerprint density at radius 2 is 1.82 bits per heavy atom. The zero-order valence-corrected chi connectivity index (χ0v) is 18.7. The number of carbonyl (C=O) groups excluding carboxylic acids is 4. The summed E-state index contributed by atoms with van der Waals surface area (Å²) in [5.41, 5.74) is 1.57. The summed E-state index contributed by atoms with van der Waals surface area (Å²) >= 11 is 0. The number of ketones is 2. The molecule has 0 aliphatic heterocycles. The van der Waals surface area contributed by atoms with Gasteiger partial charge in [-0.1, -0.05) is 0 Å². The van der Waals surface area contributed by atoms with Crippen molar-refractivity contribution in [2.24, 2.45) is 17.6 Å². The number of amides is 1. The Balaban J connectivity index is 1.99. The van der Waals surface area contributed by atoms with Crippen LogP contribution < -0.4 is 5.73 Å². The molecule has 1 aromatic rings. The van der Waals surface area contributed by atoms with Gasteiger partial charge in [0.25, 0.3) is 5.91 Å². The Bertz CT molecular complexity index is 1230. The third-order valence-electron chi connectivity index (χ3n) is 7.01. The predicted octanol–water partition coefficient (Wildman–Crippen LogP) is -0.249. The van der Waals surface area contributed by atoms with Crippen molar-refractivity contribution < 1.29 is 44.3 Å². The molecule has 0 heterocycles. The smallest absolute Gasteiger partial charge is 0.338 e. The van der Waals surface area contributed by atoms with Crippen LogP contribution in [0, 0.1) is 11.8 Å². The maximum Gasteiger partial charge on any atom is 0.338 e. The lowest BCUT2D eigenvalue weighted by Crippen LogP contribution is -2.65. The Morgan fingerprint density at radius 3 is 2.38 bits per heavy atom. The summed E-state index contributed by atoms with van der Waals surface area (Å²) in [5, 5.41) is 43.7. The minimum absolute atomic E-state index is 0.00731. The van der Waals surface area contributed by atoms with E-state index >= 15 is 0 Å². The number of rotatable bonds is 3. The standard InChI is InChI=1S/C23H24N2O9/c1-25(2)16-11-7-8-6-10-9(22(32)34-3)4-5-12(26)14(10)17(27)13(8)19(29)23(11,33)20(30)15(18(16)28)21(24)31/h4-5,8,11,16,26-27,30,33H,6-7H2,1-3H3,(H2,24,31)/t8-,11-,16-,23-/m0/s1. The fraction of sp³-hybridized carbons (Fsp3) is 0.391. The molecule has 1 fully saturated rings. The van der Waals surface area contributed by atoms with Crippen LogP contribution in [0.3, 0.4) is 0 Å². The van der Waals surface area contributed by atoms with E-state index in [-0.39, 0.29) is 35.1 Å². The largest absolute Gasteiger partial charge is 0.508 e. The van der Waals surface area contributed by atoms with Crippen LogP contribution in [0.2, 0.25) is 0 Å². The van der Waals surface area contributed by atoms with Gasteiger partial charge in [0.05, 0.1) is 24.3 Å². The Hall–Kier alpha value is -3.70. The van der Waals surface area contributed by atoms with Crippen molar-refractivity contribution >= 4 is 29.2 Å². The molecule has 1 amide bonds. The number of ether oxygens (including phenoxy) is 1. The number of Topliss-reactive ketones (excluding diaryl/α,β-unsaturated/α-hetero) is 2. The predicted molar refractivity (Wildman–Crippen MR) is 116 cm³/mol. The Kier molecular flexibility index (Phi) is 5.29. The molecule has 0 bridgehead atoms. The number of methoxy groups -OCH3 is 1. The van der Waals surface area contributed by atoms with Crippen LogP contribution in [-0.2, 0) is 25.5 Å². The molecule has 34 heavy (non-hydrogen) atoms. The fourth-order valence-electron chi connectivity index (χ4n) is 5.55. The number of nitrogens with two attached hydrogens (primary N) is 1. The summed E-state index contributed by atoms with van der Waals surface area (Å²) in [6.45, 7) is 0. The number of hydrogen-bond acceptors (Lipinski definition) is 10. The van der Waals surface area contributed by atoms with Crippen molar-refractivity contribution in [3.63, 3.8) is 0 Å². The number of nitrogens with zero attached hydrogens (tertiary/aromatic N) is 1. The number of benzene rings is 1.